The average molecular weight is 436 g/mol. The van der Waals surface area contributed by atoms with Gasteiger partial charge in [0.05, 0.1) is 16.3 Å². The molecule has 4 N–H and O–H groups in total. The van der Waals surface area contributed by atoms with Crippen molar-refractivity contribution in [2.24, 2.45) is 5.14 Å². The third-order valence-electron chi connectivity index (χ3n) is 3.71. The highest BCUT2D eigenvalue weighted by Gasteiger charge is 2.36. The van der Waals surface area contributed by atoms with Crippen LogP contribution in [0.3, 0.4) is 0 Å². The van der Waals surface area contributed by atoms with Crippen molar-refractivity contribution in [3.8, 4) is 0 Å². The fourth-order valence-electron chi connectivity index (χ4n) is 2.54. The van der Waals surface area contributed by atoms with Crippen LogP contribution in [0.15, 0.2) is 44.1 Å². The molecule has 27 heavy (non-hydrogen) atoms. The second kappa shape index (κ2) is 6.31. The Labute approximate surface area is 158 Å². The van der Waals surface area contributed by atoms with E-state index in [4.69, 9.17) is 0 Å². The monoisotopic (exact) mass is 436 g/mol. The summed E-state index contributed by atoms with van der Waals surface area (Å²) in [7, 11) is -4.99. The number of para-hydroxylation sites is 2. The molecule has 2 heterocycles. The zero-order chi connectivity index (χ0) is 19.5. The molecule has 0 amide bonds. The number of hydrogen-bond donors (Lipinski definition) is 3. The molecule has 2 aliphatic rings. The Morgan fingerprint density at radius 3 is 2.30 bits per heavy atom. The fourth-order valence-corrected chi connectivity index (χ4v) is 5.14. The molecule has 0 spiro atoms. The molecule has 2 aromatic carbocycles. The van der Waals surface area contributed by atoms with Gasteiger partial charge in [0.1, 0.15) is 10.1 Å². The van der Waals surface area contributed by atoms with Gasteiger partial charge in [-0.05, 0) is 24.1 Å². The minimum atomic E-state index is -4.99. The van der Waals surface area contributed by atoms with Crippen molar-refractivity contribution in [3.05, 3.63) is 57.6 Å². The van der Waals surface area contributed by atoms with E-state index < -0.39 is 43.1 Å². The van der Waals surface area contributed by atoms with Crippen LogP contribution in [0.2, 0.25) is 0 Å². The molecule has 0 fully saturated rings. The summed E-state index contributed by atoms with van der Waals surface area (Å²) in [6.45, 7) is 0. The first-order chi connectivity index (χ1) is 12.7. The molecule has 0 aromatic heterocycles. The van der Waals surface area contributed by atoms with Gasteiger partial charge in [-0.15, -0.1) is 0 Å². The lowest BCUT2D eigenvalue weighted by molar-refractivity contribution is 0.396. The lowest BCUT2D eigenvalue weighted by atomic mass is 10.3. The van der Waals surface area contributed by atoms with Gasteiger partial charge < -0.3 is 5.32 Å². The molecule has 142 valence electrons. The summed E-state index contributed by atoms with van der Waals surface area (Å²) in [6, 6.07) is 7.14. The third-order valence-corrected chi connectivity index (χ3v) is 6.73. The number of hydrogen-bond acceptors (Lipinski definition) is 7. The van der Waals surface area contributed by atoms with Gasteiger partial charge >= 0.3 is 0 Å². The number of fused-ring (bicyclic) bond motifs is 3. The molecule has 0 saturated carbocycles. The van der Waals surface area contributed by atoms with Gasteiger partial charge in [0.25, 0.3) is 0 Å². The Balaban J connectivity index is 1.78. The first kappa shape index (κ1) is 18.4. The predicted octanol–water partition coefficient (Wildman–Crippen LogP) is 3.21. The molecule has 0 unspecified atom stereocenters. The summed E-state index contributed by atoms with van der Waals surface area (Å²) < 4.78 is 79.4. The quantitative estimate of drug-likeness (QED) is 0.387. The van der Waals surface area contributed by atoms with Crippen molar-refractivity contribution in [2.75, 3.05) is 10.3 Å². The SMILES string of the molecule is NS(=O)(=O)c1c(F)c(F)c(SC2=C3Nc4ccccc4N3NS2)c(F)c1F. The maximum atomic E-state index is 14.3. The second-order valence-electron chi connectivity index (χ2n) is 5.37. The summed E-state index contributed by atoms with van der Waals surface area (Å²) in [6.07, 6.45) is 0. The van der Waals surface area contributed by atoms with Crippen molar-refractivity contribution in [1.82, 2.24) is 4.83 Å². The Morgan fingerprint density at radius 1 is 1.04 bits per heavy atom. The molecule has 13 heteroatoms. The molecule has 0 aliphatic carbocycles. The minimum absolute atomic E-state index is 0.270. The Kier molecular flexibility index (Phi) is 4.31. The summed E-state index contributed by atoms with van der Waals surface area (Å²) in [5, 5.41) is 9.27. The van der Waals surface area contributed by atoms with Crippen LogP contribution in [0, 0.1) is 23.3 Å². The van der Waals surface area contributed by atoms with Crippen molar-refractivity contribution in [1.29, 1.82) is 0 Å². The number of sulfonamides is 1. The molecule has 4 rings (SSSR count). The van der Waals surface area contributed by atoms with E-state index in [-0.39, 0.29) is 4.24 Å². The van der Waals surface area contributed by atoms with E-state index in [1.54, 1.807) is 29.3 Å². The molecule has 0 saturated heterocycles. The molecule has 6 nitrogen and oxygen atoms in total. The largest absolute Gasteiger partial charge is 0.337 e. The number of nitrogens with two attached hydrogens (primary N) is 1. The van der Waals surface area contributed by atoms with E-state index >= 15 is 0 Å². The fraction of sp³-hybridized carbons (Fsp3) is 0. The highest BCUT2D eigenvalue weighted by molar-refractivity contribution is 8.21. The zero-order valence-corrected chi connectivity index (χ0v) is 15.3. The Bertz CT molecular complexity index is 1090. The zero-order valence-electron chi connectivity index (χ0n) is 12.9. The summed E-state index contributed by atoms with van der Waals surface area (Å²) >= 11 is 1.38. The number of anilines is 2. The maximum Gasteiger partial charge on any atom is 0.244 e. The highest BCUT2D eigenvalue weighted by Crippen LogP contribution is 2.49. The smallest absolute Gasteiger partial charge is 0.244 e. The topological polar surface area (TPSA) is 87.5 Å². The maximum absolute atomic E-state index is 14.3. The van der Waals surface area contributed by atoms with Crippen molar-refractivity contribution >= 4 is 45.1 Å². The molecular formula is C14H8F4N4O2S3. The van der Waals surface area contributed by atoms with Crippen LogP contribution in [-0.4, -0.2) is 8.42 Å². The van der Waals surface area contributed by atoms with E-state index in [1.807, 2.05) is 0 Å². The van der Waals surface area contributed by atoms with E-state index in [9.17, 15) is 26.0 Å². The van der Waals surface area contributed by atoms with Crippen LogP contribution in [-0.2, 0) is 10.0 Å². The number of primary sulfonamides is 1. The van der Waals surface area contributed by atoms with Crippen molar-refractivity contribution in [3.63, 3.8) is 0 Å². The molecule has 2 aromatic rings. The Morgan fingerprint density at radius 2 is 1.67 bits per heavy atom. The Hall–Kier alpha value is -1.93. The number of hydrazine groups is 1. The first-order valence-electron chi connectivity index (χ1n) is 7.09. The number of halogens is 4. The van der Waals surface area contributed by atoms with Crippen molar-refractivity contribution in [2.45, 2.75) is 9.79 Å². The van der Waals surface area contributed by atoms with E-state index in [0.717, 1.165) is 23.3 Å². The molecule has 0 atom stereocenters. The van der Waals surface area contributed by atoms with Crippen LogP contribution < -0.4 is 20.3 Å². The predicted molar refractivity (Wildman–Crippen MR) is 93.8 cm³/mol. The lowest BCUT2D eigenvalue weighted by Crippen LogP contribution is -2.25. The van der Waals surface area contributed by atoms with Crippen LogP contribution in [0.4, 0.5) is 28.9 Å². The van der Waals surface area contributed by atoms with E-state index in [2.05, 4.69) is 15.3 Å². The van der Waals surface area contributed by atoms with Gasteiger partial charge in [0, 0.05) is 0 Å². The normalized spacial score (nSPS) is 15.8. The molecular weight excluding hydrogens is 428 g/mol. The molecule has 0 bridgehead atoms. The van der Waals surface area contributed by atoms with Gasteiger partial charge in [-0.25, -0.2) is 36.1 Å². The van der Waals surface area contributed by atoms with Gasteiger partial charge in [-0.2, -0.15) is 4.83 Å². The van der Waals surface area contributed by atoms with Crippen LogP contribution in [0.1, 0.15) is 0 Å². The highest BCUT2D eigenvalue weighted by atomic mass is 32.2. The molecule has 0 radical (unpaired) electrons. The van der Waals surface area contributed by atoms with Crippen LogP contribution >= 0.6 is 23.7 Å². The molecule has 2 aliphatic heterocycles. The van der Waals surface area contributed by atoms with Crippen LogP contribution in [0.5, 0.6) is 0 Å². The van der Waals surface area contributed by atoms with E-state index in [0.29, 0.717) is 17.6 Å². The first-order valence-corrected chi connectivity index (χ1v) is 10.3. The third kappa shape index (κ3) is 2.86. The van der Waals surface area contributed by atoms with Gasteiger partial charge in [-0.3, -0.25) is 0 Å². The van der Waals surface area contributed by atoms with Gasteiger partial charge in [0.2, 0.25) is 10.0 Å². The number of nitrogens with one attached hydrogen (secondary N) is 2. The minimum Gasteiger partial charge on any atom is -0.337 e. The van der Waals surface area contributed by atoms with Gasteiger partial charge in [-0.1, -0.05) is 23.9 Å². The van der Waals surface area contributed by atoms with Crippen LogP contribution in [0.25, 0.3) is 0 Å². The average Bonchev–Trinajstić information content (AvgIpc) is 3.15. The number of benzene rings is 2. The van der Waals surface area contributed by atoms with Crippen molar-refractivity contribution < 1.29 is 26.0 Å². The number of thioether (sulfide) groups is 1. The van der Waals surface area contributed by atoms with Gasteiger partial charge in [0.15, 0.2) is 28.2 Å². The van der Waals surface area contributed by atoms with E-state index in [1.165, 1.54) is 0 Å². The second-order valence-corrected chi connectivity index (χ2v) is 8.94. The number of nitrogens with zero attached hydrogens (tertiary/aromatic N) is 1. The standard InChI is InChI=1S/C14H8F4N4O2S3/c15-7-9(17)12(27(19,23)24)10(18)8(16)11(7)25-14-13-20-5-3-1-2-4-6(5)22(13)21-26-14/h1-4,20-21H,(H2,19,23,24). The summed E-state index contributed by atoms with van der Waals surface area (Å²) in [4.78, 5) is 0.0307. The lowest BCUT2D eigenvalue weighted by Gasteiger charge is -2.11. The summed E-state index contributed by atoms with van der Waals surface area (Å²) in [5.41, 5.74) is 1.47. The summed E-state index contributed by atoms with van der Waals surface area (Å²) in [5.74, 6) is -7.41. The number of rotatable bonds is 3.